The molecule has 110 valence electrons. The second kappa shape index (κ2) is 6.64. The van der Waals surface area contributed by atoms with Gasteiger partial charge < -0.3 is 10.4 Å². The first-order valence-electron chi connectivity index (χ1n) is 6.79. The smallest absolute Gasteiger partial charge is 0.310 e. The molecule has 0 amide bonds. The zero-order valence-electron chi connectivity index (χ0n) is 12.1. The van der Waals surface area contributed by atoms with Crippen molar-refractivity contribution in [2.45, 2.75) is 26.3 Å². The van der Waals surface area contributed by atoms with Gasteiger partial charge >= 0.3 is 5.97 Å². The highest BCUT2D eigenvalue weighted by Crippen LogP contribution is 2.21. The number of aryl methyl sites for hydroxylation is 1. The topological polar surface area (TPSA) is 49.3 Å². The normalized spacial score (nSPS) is 12.0. The van der Waals surface area contributed by atoms with Crippen LogP contribution in [-0.2, 0) is 11.3 Å². The van der Waals surface area contributed by atoms with Crippen LogP contribution in [0.5, 0.6) is 0 Å². The van der Waals surface area contributed by atoms with Crippen LogP contribution in [0.25, 0.3) is 0 Å². The van der Waals surface area contributed by atoms with E-state index in [1.54, 1.807) is 6.92 Å². The Labute approximate surface area is 129 Å². The third-order valence-corrected chi connectivity index (χ3v) is 3.93. The molecule has 21 heavy (non-hydrogen) atoms. The van der Waals surface area contributed by atoms with Crippen LogP contribution in [0.2, 0.25) is 5.02 Å². The Bertz CT molecular complexity index is 638. The first-order valence-corrected chi connectivity index (χ1v) is 7.17. The molecule has 0 fully saturated rings. The maximum atomic E-state index is 10.9. The zero-order chi connectivity index (χ0) is 15.4. The van der Waals surface area contributed by atoms with Gasteiger partial charge in [-0.2, -0.15) is 0 Å². The van der Waals surface area contributed by atoms with Crippen molar-refractivity contribution in [2.24, 2.45) is 0 Å². The van der Waals surface area contributed by atoms with Gasteiger partial charge in [0.2, 0.25) is 0 Å². The van der Waals surface area contributed by atoms with Crippen molar-refractivity contribution in [3.05, 3.63) is 64.2 Å². The van der Waals surface area contributed by atoms with E-state index in [0.717, 1.165) is 27.4 Å². The van der Waals surface area contributed by atoms with Gasteiger partial charge in [0.15, 0.2) is 0 Å². The number of aliphatic carboxylic acids is 1. The first-order chi connectivity index (χ1) is 9.97. The highest BCUT2D eigenvalue weighted by atomic mass is 35.5. The minimum absolute atomic E-state index is 0.483. The largest absolute Gasteiger partial charge is 0.481 e. The molecule has 3 nitrogen and oxygen atoms in total. The fourth-order valence-electron chi connectivity index (χ4n) is 1.97. The van der Waals surface area contributed by atoms with Crippen LogP contribution in [-0.4, -0.2) is 11.1 Å². The van der Waals surface area contributed by atoms with Gasteiger partial charge in [0.05, 0.1) is 5.92 Å². The Morgan fingerprint density at radius 2 is 1.90 bits per heavy atom. The average molecular weight is 304 g/mol. The summed E-state index contributed by atoms with van der Waals surface area (Å²) in [6.07, 6.45) is 0. The predicted molar refractivity (Wildman–Crippen MR) is 86.0 cm³/mol. The molecule has 2 aromatic carbocycles. The molecule has 1 unspecified atom stereocenters. The van der Waals surface area contributed by atoms with E-state index in [1.165, 1.54) is 0 Å². The summed E-state index contributed by atoms with van der Waals surface area (Å²) in [6.45, 7) is 4.32. The van der Waals surface area contributed by atoms with Crippen LogP contribution < -0.4 is 5.32 Å². The lowest BCUT2D eigenvalue weighted by Crippen LogP contribution is -2.07. The maximum absolute atomic E-state index is 10.9. The second-order valence-corrected chi connectivity index (χ2v) is 5.53. The van der Waals surface area contributed by atoms with E-state index in [-0.39, 0.29) is 0 Å². The minimum atomic E-state index is -0.810. The van der Waals surface area contributed by atoms with Crippen molar-refractivity contribution in [3.8, 4) is 0 Å². The third kappa shape index (κ3) is 3.99. The molecular weight excluding hydrogens is 286 g/mol. The lowest BCUT2D eigenvalue weighted by molar-refractivity contribution is -0.138. The minimum Gasteiger partial charge on any atom is -0.481 e. The number of hydrogen-bond acceptors (Lipinski definition) is 2. The maximum Gasteiger partial charge on any atom is 0.310 e. The Kier molecular flexibility index (Phi) is 4.86. The standard InChI is InChI=1S/C17H18ClNO2/c1-11-3-8-15(9-16(11)18)19-10-13-4-6-14(7-5-13)12(2)17(20)21/h3-9,12,19H,10H2,1-2H3,(H,20,21). The summed E-state index contributed by atoms with van der Waals surface area (Å²) in [5.41, 5.74) is 3.92. The van der Waals surface area contributed by atoms with Crippen molar-refractivity contribution < 1.29 is 9.90 Å². The van der Waals surface area contributed by atoms with Gasteiger partial charge in [-0.3, -0.25) is 4.79 Å². The number of carboxylic acids is 1. The number of nitrogens with one attached hydrogen (secondary N) is 1. The Balaban J connectivity index is 2.00. The molecule has 4 heteroatoms. The zero-order valence-corrected chi connectivity index (χ0v) is 12.8. The summed E-state index contributed by atoms with van der Waals surface area (Å²) in [5.74, 6) is -1.29. The number of carboxylic acid groups (broad SMARTS) is 1. The molecule has 0 aliphatic heterocycles. The van der Waals surface area contributed by atoms with Crippen LogP contribution in [0.3, 0.4) is 0 Å². The summed E-state index contributed by atoms with van der Waals surface area (Å²) in [5, 5.41) is 13.0. The van der Waals surface area contributed by atoms with Crippen molar-refractivity contribution in [3.63, 3.8) is 0 Å². The fraction of sp³-hybridized carbons (Fsp3) is 0.235. The summed E-state index contributed by atoms with van der Waals surface area (Å²) in [6, 6.07) is 13.5. The van der Waals surface area contributed by atoms with E-state index >= 15 is 0 Å². The van der Waals surface area contributed by atoms with E-state index in [2.05, 4.69) is 5.32 Å². The highest BCUT2D eigenvalue weighted by molar-refractivity contribution is 6.31. The molecule has 0 aliphatic carbocycles. The second-order valence-electron chi connectivity index (χ2n) is 5.12. The number of hydrogen-bond donors (Lipinski definition) is 2. The fourth-order valence-corrected chi connectivity index (χ4v) is 2.15. The Hall–Kier alpha value is -2.00. The number of halogens is 1. The summed E-state index contributed by atoms with van der Waals surface area (Å²) < 4.78 is 0. The van der Waals surface area contributed by atoms with E-state index in [9.17, 15) is 4.79 Å². The molecule has 0 spiro atoms. The average Bonchev–Trinajstić information content (AvgIpc) is 2.48. The highest BCUT2D eigenvalue weighted by Gasteiger charge is 2.12. The van der Waals surface area contributed by atoms with E-state index in [0.29, 0.717) is 6.54 Å². The summed E-state index contributed by atoms with van der Waals surface area (Å²) in [7, 11) is 0. The Morgan fingerprint density at radius 1 is 1.24 bits per heavy atom. The SMILES string of the molecule is Cc1ccc(NCc2ccc(C(C)C(=O)O)cc2)cc1Cl. The van der Waals surface area contributed by atoms with Gasteiger partial charge in [0.25, 0.3) is 0 Å². The van der Waals surface area contributed by atoms with E-state index in [4.69, 9.17) is 16.7 Å². The molecule has 0 saturated heterocycles. The summed E-state index contributed by atoms with van der Waals surface area (Å²) >= 11 is 6.09. The molecule has 2 aromatic rings. The molecule has 0 heterocycles. The molecule has 0 aromatic heterocycles. The molecule has 1 atom stereocenters. The first kappa shape index (κ1) is 15.4. The molecule has 0 bridgehead atoms. The van der Waals surface area contributed by atoms with Gasteiger partial charge in [-0.05, 0) is 42.7 Å². The molecule has 0 saturated carbocycles. The van der Waals surface area contributed by atoms with Crippen LogP contribution in [0, 0.1) is 6.92 Å². The predicted octanol–water partition coefficient (Wildman–Crippen LogP) is 4.45. The molecular formula is C17H18ClNO2. The van der Waals surface area contributed by atoms with Crippen molar-refractivity contribution in [1.29, 1.82) is 0 Å². The van der Waals surface area contributed by atoms with E-state index in [1.807, 2.05) is 49.4 Å². The number of benzene rings is 2. The van der Waals surface area contributed by atoms with Crippen LogP contribution in [0.1, 0.15) is 29.5 Å². The number of anilines is 1. The van der Waals surface area contributed by atoms with Crippen molar-refractivity contribution >= 4 is 23.3 Å². The number of carbonyl (C=O) groups is 1. The van der Waals surface area contributed by atoms with Gasteiger partial charge in [-0.25, -0.2) is 0 Å². The lowest BCUT2D eigenvalue weighted by Gasteiger charge is -2.10. The quantitative estimate of drug-likeness (QED) is 0.858. The van der Waals surface area contributed by atoms with Crippen LogP contribution in [0.4, 0.5) is 5.69 Å². The van der Waals surface area contributed by atoms with Crippen LogP contribution in [0.15, 0.2) is 42.5 Å². The lowest BCUT2D eigenvalue weighted by atomic mass is 10.00. The van der Waals surface area contributed by atoms with E-state index < -0.39 is 11.9 Å². The van der Waals surface area contributed by atoms with Gasteiger partial charge in [-0.15, -0.1) is 0 Å². The van der Waals surface area contributed by atoms with Crippen molar-refractivity contribution in [1.82, 2.24) is 0 Å². The van der Waals surface area contributed by atoms with Gasteiger partial charge in [0, 0.05) is 17.3 Å². The molecule has 0 radical (unpaired) electrons. The van der Waals surface area contributed by atoms with Gasteiger partial charge in [0.1, 0.15) is 0 Å². The van der Waals surface area contributed by atoms with Crippen molar-refractivity contribution in [2.75, 3.05) is 5.32 Å². The molecule has 2 rings (SSSR count). The molecule has 2 N–H and O–H groups in total. The summed E-state index contributed by atoms with van der Waals surface area (Å²) in [4.78, 5) is 10.9. The number of rotatable bonds is 5. The monoisotopic (exact) mass is 303 g/mol. The van der Waals surface area contributed by atoms with Gasteiger partial charge in [-0.1, -0.05) is 41.9 Å². The molecule has 0 aliphatic rings. The Morgan fingerprint density at radius 3 is 2.48 bits per heavy atom. The third-order valence-electron chi connectivity index (χ3n) is 3.52. The van der Waals surface area contributed by atoms with Crippen LogP contribution >= 0.6 is 11.6 Å².